The summed E-state index contributed by atoms with van der Waals surface area (Å²) in [7, 11) is 2.15. The van der Waals surface area contributed by atoms with Crippen molar-refractivity contribution in [3.05, 3.63) is 35.9 Å². The van der Waals surface area contributed by atoms with Gasteiger partial charge in [-0.2, -0.15) is 0 Å². The zero-order valence-corrected chi connectivity index (χ0v) is 13.7. The highest BCUT2D eigenvalue weighted by Gasteiger charge is 2.30. The molecule has 2 rings (SSSR count). The molecule has 1 aromatic rings. The average Bonchev–Trinajstić information content (AvgIpc) is 2.48. The first kappa shape index (κ1) is 16.2. The Hall–Kier alpha value is -1.15. The number of hydrogen-bond donors (Lipinski definition) is 0. The Morgan fingerprint density at radius 2 is 1.95 bits per heavy atom. The van der Waals surface area contributed by atoms with E-state index in [-0.39, 0.29) is 5.92 Å². The number of carbonyl (C=O) groups excluding carboxylic acids is 1. The van der Waals surface area contributed by atoms with Crippen molar-refractivity contribution in [2.24, 2.45) is 17.8 Å². The van der Waals surface area contributed by atoms with Gasteiger partial charge in [0.2, 0.25) is 0 Å². The van der Waals surface area contributed by atoms with E-state index in [1.165, 1.54) is 5.56 Å². The fourth-order valence-corrected chi connectivity index (χ4v) is 3.36. The van der Waals surface area contributed by atoms with E-state index >= 15 is 0 Å². The maximum absolute atomic E-state index is 12.1. The lowest BCUT2D eigenvalue weighted by atomic mass is 9.75. The van der Waals surface area contributed by atoms with E-state index in [1.807, 2.05) is 0 Å². The Morgan fingerprint density at radius 1 is 1.24 bits per heavy atom. The molecule has 0 radical (unpaired) electrons. The number of Topliss-reactive ketones (excluding diaryl/α,β-unsaturated/α-hetero) is 1. The zero-order valence-electron chi connectivity index (χ0n) is 13.7. The van der Waals surface area contributed by atoms with Gasteiger partial charge in [0, 0.05) is 25.4 Å². The third-order valence-corrected chi connectivity index (χ3v) is 4.90. The van der Waals surface area contributed by atoms with Crippen molar-refractivity contribution in [3.8, 4) is 0 Å². The predicted octanol–water partition coefficient (Wildman–Crippen LogP) is 3.80. The summed E-state index contributed by atoms with van der Waals surface area (Å²) in [6.45, 7) is 6.53. The van der Waals surface area contributed by atoms with E-state index in [2.05, 4.69) is 56.1 Å². The molecule has 0 amide bonds. The normalized spacial score (nSPS) is 23.0. The summed E-state index contributed by atoms with van der Waals surface area (Å²) < 4.78 is 0. The van der Waals surface area contributed by atoms with Crippen molar-refractivity contribution in [2.45, 2.75) is 39.5 Å². The molecule has 2 atom stereocenters. The first-order valence-electron chi connectivity index (χ1n) is 8.31. The number of hydrogen-bond acceptors (Lipinski definition) is 2. The SMILES string of the molecule is CC(C)C1CCC(=O)C(CN(C)CCc2ccccc2)C1. The highest BCUT2D eigenvalue weighted by Crippen LogP contribution is 2.32. The molecular weight excluding hydrogens is 258 g/mol. The lowest BCUT2D eigenvalue weighted by Crippen LogP contribution is -2.36. The Balaban J connectivity index is 1.80. The summed E-state index contributed by atoms with van der Waals surface area (Å²) in [6.07, 6.45) is 4.04. The number of rotatable bonds is 6. The molecule has 0 N–H and O–H groups in total. The predicted molar refractivity (Wildman–Crippen MR) is 88.3 cm³/mol. The molecule has 0 aliphatic heterocycles. The van der Waals surface area contributed by atoms with Gasteiger partial charge in [-0.15, -0.1) is 0 Å². The number of nitrogens with zero attached hydrogens (tertiary/aromatic N) is 1. The zero-order chi connectivity index (χ0) is 15.2. The molecule has 2 unspecified atom stereocenters. The second kappa shape index (κ2) is 7.74. The molecular formula is C19H29NO. The Bertz CT molecular complexity index is 440. The summed E-state index contributed by atoms with van der Waals surface area (Å²) in [5, 5.41) is 0. The first-order chi connectivity index (χ1) is 10.1. The molecule has 0 spiro atoms. The molecule has 1 aliphatic rings. The molecule has 1 aliphatic carbocycles. The largest absolute Gasteiger partial charge is 0.305 e. The van der Waals surface area contributed by atoms with Crippen molar-refractivity contribution in [2.75, 3.05) is 20.1 Å². The quantitative estimate of drug-likeness (QED) is 0.793. The molecule has 0 heterocycles. The molecule has 1 aromatic carbocycles. The minimum Gasteiger partial charge on any atom is -0.305 e. The van der Waals surface area contributed by atoms with Gasteiger partial charge in [-0.25, -0.2) is 0 Å². The van der Waals surface area contributed by atoms with Gasteiger partial charge in [-0.3, -0.25) is 4.79 Å². The van der Waals surface area contributed by atoms with Crippen LogP contribution in [-0.2, 0) is 11.2 Å². The first-order valence-corrected chi connectivity index (χ1v) is 8.31. The van der Waals surface area contributed by atoms with Gasteiger partial charge < -0.3 is 4.90 Å². The second-order valence-electron chi connectivity index (χ2n) is 6.94. The minimum atomic E-state index is 0.256. The van der Waals surface area contributed by atoms with Crippen molar-refractivity contribution >= 4 is 5.78 Å². The standard InChI is InChI=1S/C19H29NO/c1-15(2)17-9-10-19(21)18(13-17)14-20(3)12-11-16-7-5-4-6-8-16/h4-8,15,17-18H,9-14H2,1-3H3. The molecule has 0 bridgehead atoms. The fourth-order valence-electron chi connectivity index (χ4n) is 3.36. The maximum atomic E-state index is 12.1. The van der Waals surface area contributed by atoms with Crippen LogP contribution in [-0.4, -0.2) is 30.8 Å². The van der Waals surface area contributed by atoms with E-state index in [1.54, 1.807) is 0 Å². The van der Waals surface area contributed by atoms with Crippen LogP contribution < -0.4 is 0 Å². The van der Waals surface area contributed by atoms with E-state index in [0.29, 0.717) is 11.7 Å². The van der Waals surface area contributed by atoms with Crippen molar-refractivity contribution < 1.29 is 4.79 Å². The van der Waals surface area contributed by atoms with E-state index in [9.17, 15) is 4.79 Å². The van der Waals surface area contributed by atoms with Gasteiger partial charge in [-0.1, -0.05) is 44.2 Å². The van der Waals surface area contributed by atoms with Crippen LogP contribution in [0.15, 0.2) is 30.3 Å². The van der Waals surface area contributed by atoms with Crippen LogP contribution in [0.4, 0.5) is 0 Å². The summed E-state index contributed by atoms with van der Waals surface area (Å²) >= 11 is 0. The monoisotopic (exact) mass is 287 g/mol. The van der Waals surface area contributed by atoms with E-state index in [4.69, 9.17) is 0 Å². The summed E-state index contributed by atoms with van der Waals surface area (Å²) in [4.78, 5) is 14.5. The van der Waals surface area contributed by atoms with Gasteiger partial charge in [0.1, 0.15) is 5.78 Å². The molecule has 21 heavy (non-hydrogen) atoms. The summed E-state index contributed by atoms with van der Waals surface area (Å²) in [5.41, 5.74) is 1.37. The van der Waals surface area contributed by atoms with E-state index in [0.717, 1.165) is 44.7 Å². The molecule has 0 aromatic heterocycles. The van der Waals surface area contributed by atoms with Crippen LogP contribution in [0, 0.1) is 17.8 Å². The van der Waals surface area contributed by atoms with Crippen LogP contribution in [0.5, 0.6) is 0 Å². The van der Waals surface area contributed by atoms with Gasteiger partial charge >= 0.3 is 0 Å². The van der Waals surface area contributed by atoms with E-state index < -0.39 is 0 Å². The van der Waals surface area contributed by atoms with Crippen LogP contribution >= 0.6 is 0 Å². The van der Waals surface area contributed by atoms with Crippen molar-refractivity contribution in [3.63, 3.8) is 0 Å². The lowest BCUT2D eigenvalue weighted by molar-refractivity contribution is -0.126. The highest BCUT2D eigenvalue weighted by atomic mass is 16.1. The number of benzene rings is 1. The number of carbonyl (C=O) groups is 1. The third kappa shape index (κ3) is 4.96. The lowest BCUT2D eigenvalue weighted by Gasteiger charge is -2.32. The topological polar surface area (TPSA) is 20.3 Å². The molecule has 1 fully saturated rings. The highest BCUT2D eigenvalue weighted by molar-refractivity contribution is 5.82. The fraction of sp³-hybridized carbons (Fsp3) is 0.632. The maximum Gasteiger partial charge on any atom is 0.137 e. The van der Waals surface area contributed by atoms with Crippen molar-refractivity contribution in [1.29, 1.82) is 0 Å². The van der Waals surface area contributed by atoms with Crippen LogP contribution in [0.2, 0.25) is 0 Å². The molecule has 0 saturated heterocycles. The van der Waals surface area contributed by atoms with Crippen LogP contribution in [0.3, 0.4) is 0 Å². The van der Waals surface area contributed by atoms with Crippen molar-refractivity contribution in [1.82, 2.24) is 4.90 Å². The van der Waals surface area contributed by atoms with Crippen LogP contribution in [0.25, 0.3) is 0 Å². The average molecular weight is 287 g/mol. The third-order valence-electron chi connectivity index (χ3n) is 4.90. The van der Waals surface area contributed by atoms with Gasteiger partial charge in [0.25, 0.3) is 0 Å². The summed E-state index contributed by atoms with van der Waals surface area (Å²) in [6, 6.07) is 10.6. The Kier molecular flexibility index (Phi) is 5.98. The Labute approximate surface area is 129 Å². The van der Waals surface area contributed by atoms with Gasteiger partial charge in [0.15, 0.2) is 0 Å². The molecule has 116 valence electrons. The second-order valence-corrected chi connectivity index (χ2v) is 6.94. The molecule has 2 nitrogen and oxygen atoms in total. The minimum absolute atomic E-state index is 0.256. The van der Waals surface area contributed by atoms with Gasteiger partial charge in [-0.05, 0) is 43.7 Å². The van der Waals surface area contributed by atoms with Gasteiger partial charge in [0.05, 0.1) is 0 Å². The summed E-state index contributed by atoms with van der Waals surface area (Å²) in [5.74, 6) is 2.18. The molecule has 2 heteroatoms. The number of ketones is 1. The number of likely N-dealkylation sites (N-methyl/N-ethyl adjacent to an activating group) is 1. The smallest absolute Gasteiger partial charge is 0.137 e. The van der Waals surface area contributed by atoms with Crippen LogP contribution in [0.1, 0.15) is 38.7 Å². The Morgan fingerprint density at radius 3 is 2.62 bits per heavy atom. The molecule has 1 saturated carbocycles.